The van der Waals surface area contributed by atoms with Crippen LogP contribution >= 0.6 is 11.3 Å². The molecule has 1 saturated carbocycles. The van der Waals surface area contributed by atoms with Crippen LogP contribution in [0.5, 0.6) is 0 Å². The third-order valence-electron chi connectivity index (χ3n) is 4.15. The molecule has 0 aromatic carbocycles. The lowest BCUT2D eigenvalue weighted by atomic mass is 9.86. The molecule has 114 valence electrons. The van der Waals surface area contributed by atoms with E-state index in [9.17, 15) is 9.59 Å². The first kappa shape index (κ1) is 15.8. The maximum Gasteiger partial charge on any atom is 0.328 e. The topological polar surface area (TPSA) is 57.6 Å². The Bertz CT molecular complexity index is 541. The minimum atomic E-state index is -1.01. The number of aliphatic carboxylic acids is 1. The number of amides is 1. The Morgan fingerprint density at radius 3 is 2.62 bits per heavy atom. The first-order chi connectivity index (χ1) is 9.99. The molecule has 0 radical (unpaired) electrons. The predicted molar refractivity (Wildman–Crippen MR) is 84.5 cm³/mol. The molecule has 2 rings (SSSR count). The van der Waals surface area contributed by atoms with Crippen LogP contribution in [0, 0.1) is 5.92 Å². The van der Waals surface area contributed by atoms with E-state index in [0.29, 0.717) is 16.5 Å². The summed E-state index contributed by atoms with van der Waals surface area (Å²) in [4.78, 5) is 25.7. The number of carboxylic acid groups (broad SMARTS) is 1. The molecule has 21 heavy (non-hydrogen) atoms. The Balaban J connectivity index is 2.09. The lowest BCUT2D eigenvalue weighted by molar-refractivity contribution is -0.131. The predicted octanol–water partition coefficient (Wildman–Crippen LogP) is 3.50. The summed E-state index contributed by atoms with van der Waals surface area (Å²) < 4.78 is 0. The van der Waals surface area contributed by atoms with Gasteiger partial charge in [0.15, 0.2) is 0 Å². The number of hydrogen-bond acceptors (Lipinski definition) is 3. The van der Waals surface area contributed by atoms with Crippen LogP contribution in [0.1, 0.15) is 47.8 Å². The summed E-state index contributed by atoms with van der Waals surface area (Å²) in [7, 11) is 1.85. The summed E-state index contributed by atoms with van der Waals surface area (Å²) in [6.45, 7) is 2.26. The van der Waals surface area contributed by atoms with Gasteiger partial charge in [0.05, 0.1) is 4.88 Å². The van der Waals surface area contributed by atoms with Crippen molar-refractivity contribution in [2.24, 2.45) is 5.92 Å². The second-order valence-corrected chi connectivity index (χ2v) is 6.62. The normalized spacial score (nSPS) is 22.4. The Morgan fingerprint density at radius 2 is 2.00 bits per heavy atom. The van der Waals surface area contributed by atoms with Crippen molar-refractivity contribution in [1.29, 1.82) is 0 Å². The summed E-state index contributed by atoms with van der Waals surface area (Å²) in [5.74, 6) is -0.260. The summed E-state index contributed by atoms with van der Waals surface area (Å²) in [5.41, 5.74) is 0.684. The lowest BCUT2D eigenvalue weighted by Gasteiger charge is -2.33. The second-order valence-electron chi connectivity index (χ2n) is 5.71. The average molecular weight is 307 g/mol. The number of nitrogens with zero attached hydrogens (tertiary/aromatic N) is 1. The Hall–Kier alpha value is -1.62. The van der Waals surface area contributed by atoms with E-state index < -0.39 is 5.97 Å². The van der Waals surface area contributed by atoms with Crippen LogP contribution in [-0.4, -0.2) is 35.0 Å². The molecule has 5 heteroatoms. The van der Waals surface area contributed by atoms with Gasteiger partial charge in [0.2, 0.25) is 0 Å². The number of carbonyl (C=O) groups is 2. The Morgan fingerprint density at radius 1 is 1.33 bits per heavy atom. The molecule has 1 N–H and O–H groups in total. The molecule has 0 bridgehead atoms. The number of hydrogen-bond donors (Lipinski definition) is 1. The number of thiophene rings is 1. The molecule has 1 aromatic rings. The van der Waals surface area contributed by atoms with Gasteiger partial charge in [0.25, 0.3) is 5.91 Å². The van der Waals surface area contributed by atoms with Crippen LogP contribution in [0.15, 0.2) is 17.5 Å². The molecule has 0 aliphatic heterocycles. The molecule has 1 aliphatic rings. The summed E-state index contributed by atoms with van der Waals surface area (Å²) in [6.07, 6.45) is 6.99. The third kappa shape index (κ3) is 3.94. The highest BCUT2D eigenvalue weighted by Gasteiger charge is 2.26. The van der Waals surface area contributed by atoms with Crippen LogP contribution < -0.4 is 0 Å². The molecule has 1 amide bonds. The molecule has 1 aromatic heterocycles. The number of carboxylic acids is 1. The second kappa shape index (κ2) is 6.89. The van der Waals surface area contributed by atoms with Gasteiger partial charge in [-0.25, -0.2) is 4.79 Å². The van der Waals surface area contributed by atoms with E-state index in [4.69, 9.17) is 5.11 Å². The van der Waals surface area contributed by atoms with E-state index >= 15 is 0 Å². The highest BCUT2D eigenvalue weighted by Crippen LogP contribution is 2.28. The maximum atomic E-state index is 12.6. The van der Waals surface area contributed by atoms with Crippen molar-refractivity contribution in [2.75, 3.05) is 7.05 Å². The maximum absolute atomic E-state index is 12.6. The summed E-state index contributed by atoms with van der Waals surface area (Å²) in [5, 5.41) is 10.5. The van der Waals surface area contributed by atoms with Gasteiger partial charge in [0.1, 0.15) is 0 Å². The van der Waals surface area contributed by atoms with Gasteiger partial charge >= 0.3 is 5.97 Å². The molecular weight excluding hydrogens is 286 g/mol. The van der Waals surface area contributed by atoms with Gasteiger partial charge < -0.3 is 10.0 Å². The van der Waals surface area contributed by atoms with Gasteiger partial charge in [-0.15, -0.1) is 11.3 Å². The van der Waals surface area contributed by atoms with Crippen molar-refractivity contribution in [3.63, 3.8) is 0 Å². The standard InChI is InChI=1S/C16H21NO3S/c1-11-3-6-13(7-4-11)17(2)16(20)15-12(9-10-21-15)5-8-14(18)19/h5,8-11,13H,3-4,6-7H2,1-2H3,(H,18,19). The molecule has 1 aliphatic carbocycles. The SMILES string of the molecule is CC1CCC(N(C)C(=O)c2sccc2C=CC(=O)O)CC1. The highest BCUT2D eigenvalue weighted by atomic mass is 32.1. The van der Waals surface area contributed by atoms with Crippen molar-refractivity contribution in [3.05, 3.63) is 28.0 Å². The summed E-state index contributed by atoms with van der Waals surface area (Å²) >= 11 is 1.37. The van der Waals surface area contributed by atoms with Gasteiger partial charge in [-0.1, -0.05) is 6.92 Å². The smallest absolute Gasteiger partial charge is 0.328 e. The van der Waals surface area contributed by atoms with E-state index in [1.54, 1.807) is 6.07 Å². The van der Waals surface area contributed by atoms with Crippen LogP contribution in [0.4, 0.5) is 0 Å². The van der Waals surface area contributed by atoms with E-state index in [0.717, 1.165) is 24.8 Å². The van der Waals surface area contributed by atoms with Crippen molar-refractivity contribution < 1.29 is 14.7 Å². The van der Waals surface area contributed by atoms with Gasteiger partial charge in [0, 0.05) is 19.2 Å². The highest BCUT2D eigenvalue weighted by molar-refractivity contribution is 7.12. The molecule has 0 atom stereocenters. The van der Waals surface area contributed by atoms with Crippen molar-refractivity contribution in [3.8, 4) is 0 Å². The zero-order chi connectivity index (χ0) is 15.4. The van der Waals surface area contributed by atoms with Crippen molar-refractivity contribution in [2.45, 2.75) is 38.6 Å². The van der Waals surface area contributed by atoms with Gasteiger partial charge in [-0.3, -0.25) is 4.79 Å². The molecule has 1 fully saturated rings. The summed E-state index contributed by atoms with van der Waals surface area (Å²) in [6, 6.07) is 2.08. The van der Waals surface area contributed by atoms with Gasteiger partial charge in [-0.2, -0.15) is 0 Å². The first-order valence-electron chi connectivity index (χ1n) is 7.24. The minimum absolute atomic E-state index is 0.00501. The average Bonchev–Trinajstić information content (AvgIpc) is 2.92. The molecule has 0 unspecified atom stereocenters. The zero-order valence-corrected chi connectivity index (χ0v) is 13.2. The molecule has 4 nitrogen and oxygen atoms in total. The quantitative estimate of drug-likeness (QED) is 0.866. The minimum Gasteiger partial charge on any atom is -0.478 e. The monoisotopic (exact) mass is 307 g/mol. The van der Waals surface area contributed by atoms with Crippen LogP contribution in [-0.2, 0) is 4.79 Å². The zero-order valence-electron chi connectivity index (χ0n) is 12.4. The van der Waals surface area contributed by atoms with E-state index in [2.05, 4.69) is 6.92 Å². The number of carbonyl (C=O) groups excluding carboxylic acids is 1. The van der Waals surface area contributed by atoms with Crippen LogP contribution in [0.25, 0.3) is 6.08 Å². The van der Waals surface area contributed by atoms with E-state index in [1.807, 2.05) is 17.3 Å². The van der Waals surface area contributed by atoms with Crippen molar-refractivity contribution >= 4 is 29.3 Å². The molecule has 1 heterocycles. The van der Waals surface area contributed by atoms with Crippen LogP contribution in [0.2, 0.25) is 0 Å². The Labute approximate surface area is 129 Å². The lowest BCUT2D eigenvalue weighted by Crippen LogP contribution is -2.39. The van der Waals surface area contributed by atoms with Crippen LogP contribution in [0.3, 0.4) is 0 Å². The fourth-order valence-electron chi connectivity index (χ4n) is 2.74. The molecule has 0 saturated heterocycles. The number of rotatable bonds is 4. The van der Waals surface area contributed by atoms with Gasteiger partial charge in [-0.05, 0) is 54.7 Å². The third-order valence-corrected chi connectivity index (χ3v) is 5.07. The van der Waals surface area contributed by atoms with E-state index in [-0.39, 0.29) is 5.91 Å². The Kier molecular flexibility index (Phi) is 5.17. The molecular formula is C16H21NO3S. The van der Waals surface area contributed by atoms with E-state index in [1.165, 1.54) is 30.3 Å². The fourth-order valence-corrected chi connectivity index (χ4v) is 3.61. The van der Waals surface area contributed by atoms with Crippen molar-refractivity contribution in [1.82, 2.24) is 4.90 Å². The fraction of sp³-hybridized carbons (Fsp3) is 0.500. The first-order valence-corrected chi connectivity index (χ1v) is 8.12. The largest absolute Gasteiger partial charge is 0.478 e. The molecule has 0 spiro atoms.